The van der Waals surface area contributed by atoms with Gasteiger partial charge in [-0.05, 0) is 18.6 Å². The van der Waals surface area contributed by atoms with Crippen molar-refractivity contribution in [2.75, 3.05) is 33.9 Å². The molecule has 0 bridgehead atoms. The summed E-state index contributed by atoms with van der Waals surface area (Å²) in [5.41, 5.74) is 0.512. The average molecular weight is 278 g/mol. The largest absolute Gasteiger partial charge is 0.496 e. The van der Waals surface area contributed by atoms with Crippen molar-refractivity contribution in [2.45, 2.75) is 19.4 Å². The third-order valence-electron chi connectivity index (χ3n) is 3.57. The van der Waals surface area contributed by atoms with Crippen molar-refractivity contribution in [1.29, 1.82) is 0 Å². The lowest BCUT2D eigenvalue weighted by Crippen LogP contribution is -2.59. The van der Waals surface area contributed by atoms with Gasteiger partial charge in [-0.15, -0.1) is 0 Å². The number of nitrogens with zero attached hydrogens (tertiary/aromatic N) is 1. The van der Waals surface area contributed by atoms with E-state index in [4.69, 9.17) is 9.47 Å². The molecule has 1 N–H and O–H groups in total. The van der Waals surface area contributed by atoms with Gasteiger partial charge in [-0.1, -0.05) is 13.0 Å². The molecule has 2 rings (SSSR count). The Morgan fingerprint density at radius 3 is 2.30 bits per heavy atom. The third kappa shape index (κ3) is 2.72. The van der Waals surface area contributed by atoms with Gasteiger partial charge in [-0.3, -0.25) is 4.79 Å². The van der Waals surface area contributed by atoms with E-state index in [0.717, 1.165) is 26.1 Å². The number of rotatable bonds is 6. The summed E-state index contributed by atoms with van der Waals surface area (Å²) < 4.78 is 10.7. The van der Waals surface area contributed by atoms with Crippen LogP contribution >= 0.6 is 0 Å². The van der Waals surface area contributed by atoms with Gasteiger partial charge < -0.3 is 19.7 Å². The Morgan fingerprint density at radius 1 is 1.30 bits per heavy atom. The van der Waals surface area contributed by atoms with Crippen molar-refractivity contribution in [2.24, 2.45) is 0 Å². The predicted octanol–water partition coefficient (Wildman–Crippen LogP) is 1.53. The zero-order valence-corrected chi connectivity index (χ0v) is 12.3. The van der Waals surface area contributed by atoms with E-state index in [1.165, 1.54) is 0 Å². The first-order chi connectivity index (χ1) is 9.72. The highest BCUT2D eigenvalue weighted by atomic mass is 16.5. The van der Waals surface area contributed by atoms with Gasteiger partial charge in [0, 0.05) is 19.6 Å². The lowest BCUT2D eigenvalue weighted by atomic mass is 10.1. The quantitative estimate of drug-likeness (QED) is 0.857. The lowest BCUT2D eigenvalue weighted by molar-refractivity contribution is 0.0609. The van der Waals surface area contributed by atoms with Gasteiger partial charge in [0.05, 0.1) is 20.3 Å². The number of amides is 1. The maximum absolute atomic E-state index is 12.9. The Morgan fingerprint density at radius 2 is 1.90 bits per heavy atom. The second-order valence-corrected chi connectivity index (χ2v) is 4.85. The molecular formula is C15H22N2O3. The molecule has 1 fully saturated rings. The molecule has 0 aromatic heterocycles. The summed E-state index contributed by atoms with van der Waals surface area (Å²) in [6.45, 7) is 4.52. The molecule has 1 aliphatic heterocycles. The zero-order chi connectivity index (χ0) is 14.5. The van der Waals surface area contributed by atoms with Crippen LogP contribution in [0.5, 0.6) is 11.5 Å². The molecule has 1 heterocycles. The van der Waals surface area contributed by atoms with E-state index in [0.29, 0.717) is 17.1 Å². The van der Waals surface area contributed by atoms with Crippen molar-refractivity contribution in [3.8, 4) is 11.5 Å². The second kappa shape index (κ2) is 6.61. The molecule has 1 aromatic carbocycles. The van der Waals surface area contributed by atoms with Crippen molar-refractivity contribution < 1.29 is 14.3 Å². The Kier molecular flexibility index (Phi) is 4.84. The minimum atomic E-state index is -0.0207. The molecule has 0 atom stereocenters. The number of carbonyl (C=O) groups excluding carboxylic acids is 1. The van der Waals surface area contributed by atoms with Crippen molar-refractivity contribution in [1.82, 2.24) is 10.2 Å². The van der Waals surface area contributed by atoms with Crippen LogP contribution in [0, 0.1) is 0 Å². The highest BCUT2D eigenvalue weighted by molar-refractivity contribution is 6.00. The summed E-state index contributed by atoms with van der Waals surface area (Å²) in [7, 11) is 3.14. The Hall–Kier alpha value is -1.75. The molecule has 1 saturated heterocycles. The van der Waals surface area contributed by atoms with Crippen molar-refractivity contribution in [3.05, 3.63) is 23.8 Å². The Balaban J connectivity index is 2.34. The third-order valence-corrected chi connectivity index (χ3v) is 3.57. The van der Waals surface area contributed by atoms with Crippen LogP contribution in [0.15, 0.2) is 18.2 Å². The number of carbonyl (C=O) groups is 1. The highest BCUT2D eigenvalue weighted by Crippen LogP contribution is 2.30. The van der Waals surface area contributed by atoms with Gasteiger partial charge in [0.1, 0.15) is 17.1 Å². The van der Waals surface area contributed by atoms with E-state index < -0.39 is 0 Å². The maximum Gasteiger partial charge on any atom is 0.261 e. The molecule has 0 unspecified atom stereocenters. The van der Waals surface area contributed by atoms with Gasteiger partial charge in [-0.25, -0.2) is 0 Å². The zero-order valence-electron chi connectivity index (χ0n) is 12.3. The SMILES string of the molecule is CCCN(C(=O)c1c(OC)cccc1OC)C1CNC1. The van der Waals surface area contributed by atoms with Gasteiger partial charge in [0.15, 0.2) is 0 Å². The minimum Gasteiger partial charge on any atom is -0.496 e. The molecule has 1 aromatic rings. The average Bonchev–Trinajstić information content (AvgIpc) is 2.43. The van der Waals surface area contributed by atoms with E-state index >= 15 is 0 Å². The normalized spacial score (nSPS) is 14.6. The molecule has 5 heteroatoms. The summed E-state index contributed by atoms with van der Waals surface area (Å²) in [5, 5.41) is 3.21. The molecule has 1 aliphatic rings. The van der Waals surface area contributed by atoms with Crippen molar-refractivity contribution >= 4 is 5.91 Å². The first-order valence-corrected chi connectivity index (χ1v) is 6.95. The van der Waals surface area contributed by atoms with Gasteiger partial charge >= 0.3 is 0 Å². The van der Waals surface area contributed by atoms with Gasteiger partial charge in [0.25, 0.3) is 5.91 Å². The van der Waals surface area contributed by atoms with E-state index in [9.17, 15) is 4.79 Å². The fraction of sp³-hybridized carbons (Fsp3) is 0.533. The number of hydrogen-bond donors (Lipinski definition) is 1. The van der Waals surface area contributed by atoms with E-state index in [1.807, 2.05) is 11.0 Å². The van der Waals surface area contributed by atoms with Crippen LogP contribution in [0.2, 0.25) is 0 Å². The standard InChI is InChI=1S/C15H22N2O3/c1-4-8-17(11-9-16-10-11)15(18)14-12(19-2)6-5-7-13(14)20-3/h5-7,11,16H,4,8-10H2,1-3H3. The van der Waals surface area contributed by atoms with Gasteiger partial charge in [-0.2, -0.15) is 0 Å². The van der Waals surface area contributed by atoms with Crippen LogP contribution in [0.3, 0.4) is 0 Å². The molecule has 0 aliphatic carbocycles. The Bertz CT molecular complexity index is 450. The van der Waals surface area contributed by atoms with E-state index in [2.05, 4.69) is 12.2 Å². The molecule has 0 spiro atoms. The summed E-state index contributed by atoms with van der Waals surface area (Å²) >= 11 is 0. The monoisotopic (exact) mass is 278 g/mol. The van der Waals surface area contributed by atoms with Crippen LogP contribution in [0.25, 0.3) is 0 Å². The predicted molar refractivity (Wildman–Crippen MR) is 77.5 cm³/mol. The smallest absolute Gasteiger partial charge is 0.261 e. The number of hydrogen-bond acceptors (Lipinski definition) is 4. The highest BCUT2D eigenvalue weighted by Gasteiger charge is 2.31. The second-order valence-electron chi connectivity index (χ2n) is 4.85. The first-order valence-electron chi connectivity index (χ1n) is 6.95. The van der Waals surface area contributed by atoms with Crippen LogP contribution in [-0.4, -0.2) is 50.7 Å². The number of ether oxygens (including phenoxy) is 2. The topological polar surface area (TPSA) is 50.8 Å². The number of benzene rings is 1. The summed E-state index contributed by atoms with van der Waals surface area (Å²) in [6, 6.07) is 5.67. The molecule has 5 nitrogen and oxygen atoms in total. The van der Waals surface area contributed by atoms with E-state index in [1.54, 1.807) is 26.4 Å². The number of nitrogens with one attached hydrogen (secondary N) is 1. The van der Waals surface area contributed by atoms with E-state index in [-0.39, 0.29) is 11.9 Å². The molecule has 0 radical (unpaired) electrons. The van der Waals surface area contributed by atoms with Crippen molar-refractivity contribution in [3.63, 3.8) is 0 Å². The van der Waals surface area contributed by atoms with Crippen LogP contribution in [0.4, 0.5) is 0 Å². The molecular weight excluding hydrogens is 256 g/mol. The molecule has 0 saturated carbocycles. The van der Waals surface area contributed by atoms with Crippen LogP contribution < -0.4 is 14.8 Å². The fourth-order valence-corrected chi connectivity index (χ4v) is 2.39. The molecule has 1 amide bonds. The summed E-state index contributed by atoms with van der Waals surface area (Å²) in [5.74, 6) is 1.10. The molecule has 110 valence electrons. The summed E-state index contributed by atoms with van der Waals surface area (Å²) in [4.78, 5) is 14.8. The van der Waals surface area contributed by atoms with Crippen LogP contribution in [0.1, 0.15) is 23.7 Å². The first kappa shape index (κ1) is 14.7. The summed E-state index contributed by atoms with van der Waals surface area (Å²) in [6.07, 6.45) is 0.930. The van der Waals surface area contributed by atoms with Gasteiger partial charge in [0.2, 0.25) is 0 Å². The van der Waals surface area contributed by atoms with Crippen LogP contribution in [-0.2, 0) is 0 Å². The lowest BCUT2D eigenvalue weighted by Gasteiger charge is -2.38. The Labute approximate surface area is 119 Å². The minimum absolute atomic E-state index is 0.0207. The number of methoxy groups -OCH3 is 2. The maximum atomic E-state index is 12.9. The fourth-order valence-electron chi connectivity index (χ4n) is 2.39. The molecule has 20 heavy (non-hydrogen) atoms.